The third kappa shape index (κ3) is 4.86. The fraction of sp³-hybridized carbons (Fsp3) is 0.320. The van der Waals surface area contributed by atoms with Gasteiger partial charge in [0.1, 0.15) is 17.3 Å². The predicted octanol–water partition coefficient (Wildman–Crippen LogP) is 3.56. The summed E-state index contributed by atoms with van der Waals surface area (Å²) in [5.74, 6) is -0.798. The van der Waals surface area contributed by atoms with Crippen LogP contribution in [0.3, 0.4) is 0 Å². The van der Waals surface area contributed by atoms with E-state index in [4.69, 9.17) is 10.5 Å². The molecule has 2 aromatic carbocycles. The monoisotopic (exact) mass is 450 g/mol. The van der Waals surface area contributed by atoms with Crippen molar-refractivity contribution in [2.75, 3.05) is 32.6 Å². The Bertz CT molecular complexity index is 1120. The number of anilines is 1. The lowest BCUT2D eigenvalue weighted by Crippen LogP contribution is -2.33. The third-order valence-corrected chi connectivity index (χ3v) is 6.08. The number of carbonyl (C=O) groups excluding carboxylic acids is 1. The number of carbonyl (C=O) groups is 1. The van der Waals surface area contributed by atoms with Crippen molar-refractivity contribution < 1.29 is 19.0 Å². The minimum Gasteiger partial charge on any atom is -0.394 e. The van der Waals surface area contributed by atoms with Crippen LogP contribution < -0.4 is 5.73 Å². The van der Waals surface area contributed by atoms with E-state index in [1.165, 1.54) is 17.0 Å². The first-order valence-electron chi connectivity index (χ1n) is 10.9. The van der Waals surface area contributed by atoms with Gasteiger partial charge in [-0.15, -0.1) is 0 Å². The Kier molecular flexibility index (Phi) is 6.96. The number of hydrogen-bond acceptors (Lipinski definition) is 6. The van der Waals surface area contributed by atoms with Crippen LogP contribution in [0.25, 0.3) is 11.3 Å². The molecule has 172 valence electrons. The van der Waals surface area contributed by atoms with Crippen molar-refractivity contribution >= 4 is 11.7 Å². The molecule has 7 nitrogen and oxygen atoms in total. The molecule has 1 amide bonds. The highest BCUT2D eigenvalue weighted by molar-refractivity contribution is 5.95. The molecular weight excluding hydrogens is 423 g/mol. The number of benzene rings is 2. The second kappa shape index (κ2) is 10.1. The van der Waals surface area contributed by atoms with E-state index < -0.39 is 17.8 Å². The molecule has 2 heterocycles. The summed E-state index contributed by atoms with van der Waals surface area (Å²) < 4.78 is 20.5. The summed E-state index contributed by atoms with van der Waals surface area (Å²) in [6.07, 6.45) is 3.36. The fourth-order valence-electron chi connectivity index (χ4n) is 4.11. The molecule has 3 N–H and O–H groups in total. The summed E-state index contributed by atoms with van der Waals surface area (Å²) >= 11 is 0. The third-order valence-electron chi connectivity index (χ3n) is 6.08. The zero-order valence-corrected chi connectivity index (χ0v) is 18.4. The molecule has 0 aliphatic carbocycles. The van der Waals surface area contributed by atoms with Crippen molar-refractivity contribution in [3.05, 3.63) is 77.4 Å². The average Bonchev–Trinajstić information content (AvgIpc) is 2.85. The second-order valence-electron chi connectivity index (χ2n) is 8.14. The van der Waals surface area contributed by atoms with Gasteiger partial charge >= 0.3 is 0 Å². The van der Waals surface area contributed by atoms with E-state index in [-0.39, 0.29) is 23.9 Å². The van der Waals surface area contributed by atoms with Gasteiger partial charge in [0.2, 0.25) is 0 Å². The first-order chi connectivity index (χ1) is 16.0. The maximum absolute atomic E-state index is 15.1. The zero-order chi connectivity index (χ0) is 23.4. The van der Waals surface area contributed by atoms with Crippen molar-refractivity contribution in [1.29, 1.82) is 0 Å². The van der Waals surface area contributed by atoms with Gasteiger partial charge in [-0.3, -0.25) is 4.79 Å². The smallest absolute Gasteiger partial charge is 0.257 e. The molecule has 1 fully saturated rings. The van der Waals surface area contributed by atoms with Crippen LogP contribution in [-0.2, 0) is 4.74 Å². The molecule has 8 heteroatoms. The van der Waals surface area contributed by atoms with Gasteiger partial charge in [0, 0.05) is 31.7 Å². The maximum atomic E-state index is 15.1. The number of hydrogen-bond donors (Lipinski definition) is 2. The number of halogens is 1. The van der Waals surface area contributed by atoms with Gasteiger partial charge in [-0.25, -0.2) is 14.4 Å². The summed E-state index contributed by atoms with van der Waals surface area (Å²) in [7, 11) is 1.55. The van der Waals surface area contributed by atoms with Gasteiger partial charge in [0.15, 0.2) is 0 Å². The molecule has 4 rings (SSSR count). The Morgan fingerprint density at radius 1 is 1.24 bits per heavy atom. The topological polar surface area (TPSA) is 102 Å². The first-order valence-corrected chi connectivity index (χ1v) is 10.9. The van der Waals surface area contributed by atoms with E-state index in [9.17, 15) is 9.90 Å². The van der Waals surface area contributed by atoms with E-state index in [0.29, 0.717) is 24.5 Å². The van der Waals surface area contributed by atoms with Gasteiger partial charge in [-0.05, 0) is 30.5 Å². The maximum Gasteiger partial charge on any atom is 0.257 e. The summed E-state index contributed by atoms with van der Waals surface area (Å²) in [6.45, 7) is 1.06. The molecule has 1 saturated heterocycles. The highest BCUT2D eigenvalue weighted by Gasteiger charge is 2.25. The molecule has 0 radical (unpaired) electrons. The predicted molar refractivity (Wildman–Crippen MR) is 123 cm³/mol. The number of aliphatic hydroxyl groups excluding tert-OH is 1. The SMILES string of the molecule is CN(C(=O)c1ccc(-c2nc(C3CCOCC3)cnc2N)cc1F)C(CO)c1ccccc1. The van der Waals surface area contributed by atoms with E-state index >= 15 is 4.39 Å². The van der Waals surface area contributed by atoms with Crippen LogP contribution in [0.2, 0.25) is 0 Å². The normalized spacial score (nSPS) is 15.2. The average molecular weight is 451 g/mol. The number of nitrogen functional groups attached to an aromatic ring is 1. The van der Waals surface area contributed by atoms with Gasteiger partial charge in [-0.2, -0.15) is 0 Å². The molecule has 1 aromatic heterocycles. The molecule has 0 bridgehead atoms. The molecule has 1 unspecified atom stereocenters. The van der Waals surface area contributed by atoms with Gasteiger partial charge in [-0.1, -0.05) is 36.4 Å². The minimum absolute atomic E-state index is 0.0947. The Labute approximate surface area is 192 Å². The lowest BCUT2D eigenvalue weighted by molar-refractivity contribution is 0.0654. The van der Waals surface area contributed by atoms with Crippen molar-refractivity contribution in [2.24, 2.45) is 0 Å². The van der Waals surface area contributed by atoms with Crippen LogP contribution in [-0.4, -0.2) is 52.7 Å². The Balaban J connectivity index is 1.60. The van der Waals surface area contributed by atoms with Gasteiger partial charge in [0.05, 0.1) is 30.1 Å². The first kappa shape index (κ1) is 22.8. The largest absolute Gasteiger partial charge is 0.394 e. The standard InChI is InChI=1S/C25H27FN4O3/c1-30(22(15-31)17-5-3-2-4-6-17)25(32)19-8-7-18(13-20(19)26)23-24(27)28-14-21(29-23)16-9-11-33-12-10-16/h2-8,13-14,16,22,31H,9-12,15H2,1H3,(H2,27,28). The van der Waals surface area contributed by atoms with Crippen LogP contribution >= 0.6 is 0 Å². The van der Waals surface area contributed by atoms with E-state index in [0.717, 1.165) is 24.1 Å². The number of nitrogens with zero attached hydrogens (tertiary/aromatic N) is 3. The number of rotatable bonds is 6. The van der Waals surface area contributed by atoms with Crippen molar-refractivity contribution in [3.8, 4) is 11.3 Å². The number of aromatic nitrogens is 2. The second-order valence-corrected chi connectivity index (χ2v) is 8.14. The Morgan fingerprint density at radius 3 is 2.64 bits per heavy atom. The Hall–Kier alpha value is -3.36. The van der Waals surface area contributed by atoms with Crippen molar-refractivity contribution in [2.45, 2.75) is 24.8 Å². The number of likely N-dealkylation sites (N-methyl/N-ethyl adjacent to an activating group) is 1. The molecule has 1 aliphatic rings. The molecule has 0 saturated carbocycles. The number of nitrogens with two attached hydrogens (primary N) is 1. The molecule has 0 spiro atoms. The molecule has 1 atom stereocenters. The summed E-state index contributed by atoms with van der Waals surface area (Å²) in [6, 6.07) is 12.8. The van der Waals surface area contributed by atoms with Crippen LogP contribution in [0.15, 0.2) is 54.7 Å². The Morgan fingerprint density at radius 2 is 1.97 bits per heavy atom. The lowest BCUT2D eigenvalue weighted by Gasteiger charge is -2.27. The molecule has 1 aliphatic heterocycles. The van der Waals surface area contributed by atoms with Crippen molar-refractivity contribution in [3.63, 3.8) is 0 Å². The van der Waals surface area contributed by atoms with Gasteiger partial charge < -0.3 is 20.5 Å². The summed E-state index contributed by atoms with van der Waals surface area (Å²) in [4.78, 5) is 23.3. The summed E-state index contributed by atoms with van der Waals surface area (Å²) in [5.41, 5.74) is 8.36. The highest BCUT2D eigenvalue weighted by atomic mass is 19.1. The molecule has 3 aromatic rings. The van der Waals surface area contributed by atoms with Crippen LogP contribution in [0.4, 0.5) is 10.2 Å². The van der Waals surface area contributed by atoms with Crippen LogP contribution in [0.1, 0.15) is 46.4 Å². The molecule has 33 heavy (non-hydrogen) atoms. The van der Waals surface area contributed by atoms with E-state index in [2.05, 4.69) is 9.97 Å². The number of aliphatic hydroxyl groups is 1. The number of ether oxygens (including phenoxy) is 1. The quantitative estimate of drug-likeness (QED) is 0.595. The lowest BCUT2D eigenvalue weighted by atomic mass is 9.96. The minimum atomic E-state index is -0.688. The molecular formula is C25H27FN4O3. The highest BCUT2D eigenvalue weighted by Crippen LogP contribution is 2.30. The van der Waals surface area contributed by atoms with E-state index in [1.54, 1.807) is 19.3 Å². The van der Waals surface area contributed by atoms with Crippen molar-refractivity contribution in [1.82, 2.24) is 14.9 Å². The van der Waals surface area contributed by atoms with Crippen LogP contribution in [0.5, 0.6) is 0 Å². The van der Waals surface area contributed by atoms with Gasteiger partial charge in [0.25, 0.3) is 5.91 Å². The number of amides is 1. The summed E-state index contributed by atoms with van der Waals surface area (Å²) in [5, 5.41) is 9.85. The van der Waals surface area contributed by atoms with E-state index in [1.807, 2.05) is 30.3 Å². The zero-order valence-electron chi connectivity index (χ0n) is 18.4. The van der Waals surface area contributed by atoms with Crippen LogP contribution in [0, 0.1) is 5.82 Å². The fourth-order valence-corrected chi connectivity index (χ4v) is 4.11.